The Bertz CT molecular complexity index is 344. The Balaban J connectivity index is 2.44. The zero-order chi connectivity index (χ0) is 10.4. The summed E-state index contributed by atoms with van der Waals surface area (Å²) in [5.74, 6) is 2.30. The molecule has 0 fully saturated rings. The van der Waals surface area contributed by atoms with Gasteiger partial charge in [0.05, 0.1) is 4.47 Å². The van der Waals surface area contributed by atoms with E-state index in [1.165, 1.54) is 6.07 Å². The van der Waals surface area contributed by atoms with Gasteiger partial charge >= 0.3 is 0 Å². The number of nitrogens with one attached hydrogen (secondary N) is 1. The summed E-state index contributed by atoms with van der Waals surface area (Å²) < 4.78 is 13.5. The molecule has 0 aliphatic heterocycles. The Labute approximate surface area is 91.8 Å². The molecule has 0 spiro atoms. The second kappa shape index (κ2) is 5.79. The molecule has 74 valence electrons. The van der Waals surface area contributed by atoms with E-state index in [9.17, 15) is 4.39 Å². The van der Waals surface area contributed by atoms with Gasteiger partial charge in [0.15, 0.2) is 0 Å². The number of hydrogen-bond donors (Lipinski definition) is 1. The molecule has 0 unspecified atom stereocenters. The zero-order valence-electron chi connectivity index (χ0n) is 7.69. The van der Waals surface area contributed by atoms with Crippen LogP contribution in [0, 0.1) is 18.2 Å². The van der Waals surface area contributed by atoms with Gasteiger partial charge in [0.25, 0.3) is 0 Å². The quantitative estimate of drug-likeness (QED) is 0.645. The van der Waals surface area contributed by atoms with Gasteiger partial charge in [-0.3, -0.25) is 0 Å². The van der Waals surface area contributed by atoms with Gasteiger partial charge in [0.1, 0.15) is 5.82 Å². The van der Waals surface area contributed by atoms with Crippen LogP contribution in [0.4, 0.5) is 4.39 Å². The Morgan fingerprint density at radius 2 is 2.29 bits per heavy atom. The number of hydrogen-bond acceptors (Lipinski definition) is 1. The second-order valence-corrected chi connectivity index (χ2v) is 3.73. The highest BCUT2D eigenvalue weighted by Crippen LogP contribution is 2.16. The Morgan fingerprint density at radius 1 is 1.50 bits per heavy atom. The molecule has 1 aromatic rings. The molecule has 1 nitrogen and oxygen atoms in total. The van der Waals surface area contributed by atoms with Crippen molar-refractivity contribution < 1.29 is 4.39 Å². The average molecular weight is 256 g/mol. The summed E-state index contributed by atoms with van der Waals surface area (Å²) in [4.78, 5) is 0. The predicted octanol–water partition coefficient (Wildman–Crippen LogP) is 2.70. The molecule has 1 aromatic carbocycles. The number of rotatable bonds is 4. The second-order valence-electron chi connectivity index (χ2n) is 2.88. The van der Waals surface area contributed by atoms with E-state index in [0.717, 1.165) is 12.1 Å². The van der Waals surface area contributed by atoms with Crippen LogP contribution in [-0.4, -0.2) is 6.54 Å². The highest BCUT2D eigenvalue weighted by Gasteiger charge is 1.99. The van der Waals surface area contributed by atoms with Crippen LogP contribution in [0.25, 0.3) is 0 Å². The molecule has 0 aliphatic carbocycles. The van der Waals surface area contributed by atoms with Crippen molar-refractivity contribution in [3.05, 3.63) is 34.1 Å². The molecule has 0 heterocycles. The third-order valence-electron chi connectivity index (χ3n) is 1.76. The molecule has 0 atom stereocenters. The minimum Gasteiger partial charge on any atom is -0.312 e. The van der Waals surface area contributed by atoms with E-state index in [1.54, 1.807) is 6.07 Å². The summed E-state index contributed by atoms with van der Waals surface area (Å²) in [5.41, 5.74) is 0.919. The van der Waals surface area contributed by atoms with Crippen molar-refractivity contribution in [1.29, 1.82) is 0 Å². The van der Waals surface area contributed by atoms with Gasteiger partial charge in [-0.1, -0.05) is 6.07 Å². The lowest BCUT2D eigenvalue weighted by Crippen LogP contribution is -2.14. The lowest BCUT2D eigenvalue weighted by Gasteiger charge is -2.03. The molecule has 1 rings (SSSR count). The molecule has 0 amide bonds. The number of halogens is 2. The van der Waals surface area contributed by atoms with Crippen molar-refractivity contribution in [2.45, 2.75) is 13.0 Å². The van der Waals surface area contributed by atoms with E-state index >= 15 is 0 Å². The monoisotopic (exact) mass is 255 g/mol. The van der Waals surface area contributed by atoms with E-state index in [4.69, 9.17) is 6.42 Å². The zero-order valence-corrected chi connectivity index (χ0v) is 9.27. The maximum atomic E-state index is 13.0. The van der Waals surface area contributed by atoms with Crippen LogP contribution in [-0.2, 0) is 6.54 Å². The SMILES string of the molecule is C#CCCNCc1ccc(Br)c(F)c1. The molecule has 0 aromatic heterocycles. The Kier molecular flexibility index (Phi) is 4.64. The van der Waals surface area contributed by atoms with Gasteiger partial charge in [0.2, 0.25) is 0 Å². The molecule has 0 aliphatic rings. The average Bonchev–Trinajstić information content (AvgIpc) is 2.18. The van der Waals surface area contributed by atoms with E-state index in [1.807, 2.05) is 6.07 Å². The van der Waals surface area contributed by atoms with E-state index in [-0.39, 0.29) is 5.82 Å². The highest BCUT2D eigenvalue weighted by molar-refractivity contribution is 9.10. The van der Waals surface area contributed by atoms with Crippen molar-refractivity contribution in [3.8, 4) is 12.3 Å². The maximum absolute atomic E-state index is 13.0. The minimum absolute atomic E-state index is 0.235. The Morgan fingerprint density at radius 3 is 2.93 bits per heavy atom. The predicted molar refractivity (Wildman–Crippen MR) is 59.3 cm³/mol. The van der Waals surface area contributed by atoms with E-state index in [2.05, 4.69) is 27.2 Å². The first-order valence-electron chi connectivity index (χ1n) is 4.32. The maximum Gasteiger partial charge on any atom is 0.137 e. The van der Waals surface area contributed by atoms with Crippen molar-refractivity contribution in [2.24, 2.45) is 0 Å². The topological polar surface area (TPSA) is 12.0 Å². The van der Waals surface area contributed by atoms with Crippen LogP contribution in [0.2, 0.25) is 0 Å². The molecule has 1 N–H and O–H groups in total. The number of terminal acetylenes is 1. The summed E-state index contributed by atoms with van der Waals surface area (Å²) in [6.45, 7) is 1.40. The summed E-state index contributed by atoms with van der Waals surface area (Å²) in [7, 11) is 0. The highest BCUT2D eigenvalue weighted by atomic mass is 79.9. The van der Waals surface area contributed by atoms with Gasteiger partial charge < -0.3 is 5.32 Å². The fourth-order valence-electron chi connectivity index (χ4n) is 1.04. The van der Waals surface area contributed by atoms with Crippen LogP contribution in [0.15, 0.2) is 22.7 Å². The van der Waals surface area contributed by atoms with Crippen LogP contribution in [0.5, 0.6) is 0 Å². The first-order chi connectivity index (χ1) is 6.74. The summed E-state index contributed by atoms with van der Waals surface area (Å²) in [5, 5.41) is 3.12. The van der Waals surface area contributed by atoms with E-state index < -0.39 is 0 Å². The van der Waals surface area contributed by atoms with Gasteiger partial charge in [0, 0.05) is 19.5 Å². The van der Waals surface area contributed by atoms with Crippen molar-refractivity contribution in [1.82, 2.24) is 5.32 Å². The molecule has 0 saturated carbocycles. The van der Waals surface area contributed by atoms with Crippen LogP contribution in [0.1, 0.15) is 12.0 Å². The van der Waals surface area contributed by atoms with E-state index in [0.29, 0.717) is 17.4 Å². The molecule has 0 bridgehead atoms. The lowest BCUT2D eigenvalue weighted by molar-refractivity contribution is 0.614. The largest absolute Gasteiger partial charge is 0.312 e. The fraction of sp³-hybridized carbons (Fsp3) is 0.273. The first kappa shape index (κ1) is 11.2. The summed E-state index contributed by atoms with van der Waals surface area (Å²) >= 11 is 3.10. The van der Waals surface area contributed by atoms with Crippen LogP contribution < -0.4 is 5.32 Å². The molecule has 0 saturated heterocycles. The lowest BCUT2D eigenvalue weighted by atomic mass is 10.2. The molecular formula is C11H11BrFN. The normalized spacial score (nSPS) is 9.79. The van der Waals surface area contributed by atoms with Crippen LogP contribution >= 0.6 is 15.9 Å². The first-order valence-corrected chi connectivity index (χ1v) is 5.11. The molecule has 3 heteroatoms. The van der Waals surface area contributed by atoms with Crippen molar-refractivity contribution >= 4 is 15.9 Å². The third kappa shape index (κ3) is 3.49. The molecular weight excluding hydrogens is 245 g/mol. The van der Waals surface area contributed by atoms with Gasteiger partial charge in [-0.2, -0.15) is 0 Å². The Hall–Kier alpha value is -0.850. The third-order valence-corrected chi connectivity index (χ3v) is 2.40. The van der Waals surface area contributed by atoms with Gasteiger partial charge in [-0.25, -0.2) is 4.39 Å². The molecule has 0 radical (unpaired) electrons. The summed E-state index contributed by atoms with van der Waals surface area (Å²) in [6, 6.07) is 5.08. The van der Waals surface area contributed by atoms with Crippen molar-refractivity contribution in [2.75, 3.05) is 6.54 Å². The van der Waals surface area contributed by atoms with Crippen LogP contribution in [0.3, 0.4) is 0 Å². The minimum atomic E-state index is -0.235. The fourth-order valence-corrected chi connectivity index (χ4v) is 1.29. The van der Waals surface area contributed by atoms with Gasteiger partial charge in [-0.15, -0.1) is 12.3 Å². The summed E-state index contributed by atoms with van der Waals surface area (Å²) in [6.07, 6.45) is 5.79. The van der Waals surface area contributed by atoms with Gasteiger partial charge in [-0.05, 0) is 33.6 Å². The molecule has 14 heavy (non-hydrogen) atoms. The van der Waals surface area contributed by atoms with Crippen molar-refractivity contribution in [3.63, 3.8) is 0 Å². The number of benzene rings is 1. The smallest absolute Gasteiger partial charge is 0.137 e. The standard InChI is InChI=1S/C11H11BrFN/c1-2-3-6-14-8-9-4-5-10(12)11(13)7-9/h1,4-5,7,14H,3,6,8H2.